The molecule has 1 saturated heterocycles. The number of ether oxygens (including phenoxy) is 1. The van der Waals surface area contributed by atoms with Crippen LogP contribution in [0, 0.1) is 0 Å². The number of carbonyl (C=O) groups is 2. The quantitative estimate of drug-likeness (QED) is 0.758. The minimum absolute atomic E-state index is 0.173. The van der Waals surface area contributed by atoms with Gasteiger partial charge in [0.15, 0.2) is 0 Å². The Morgan fingerprint density at radius 1 is 1.43 bits per heavy atom. The van der Waals surface area contributed by atoms with Crippen LogP contribution in [-0.4, -0.2) is 41.5 Å². The van der Waals surface area contributed by atoms with Crippen molar-refractivity contribution in [1.29, 1.82) is 0 Å². The molecule has 6 heteroatoms. The molecule has 0 atom stereocenters. The molecule has 1 aliphatic rings. The molecule has 0 radical (unpaired) electrons. The fourth-order valence-corrected chi connectivity index (χ4v) is 3.24. The number of hydrogen-bond donors (Lipinski definition) is 0. The maximum Gasteiger partial charge on any atom is 0.350 e. The van der Waals surface area contributed by atoms with E-state index in [1.54, 1.807) is 11.1 Å². The van der Waals surface area contributed by atoms with Gasteiger partial charge in [0.25, 0.3) is 0 Å². The molecule has 116 valence electrons. The average Bonchev–Trinajstić information content (AvgIpc) is 2.84. The lowest BCUT2D eigenvalue weighted by atomic mass is 10.2. The van der Waals surface area contributed by atoms with Gasteiger partial charge < -0.3 is 9.64 Å². The van der Waals surface area contributed by atoms with Gasteiger partial charge in [-0.3, -0.25) is 4.79 Å². The summed E-state index contributed by atoms with van der Waals surface area (Å²) in [4.78, 5) is 30.3. The lowest BCUT2D eigenvalue weighted by molar-refractivity contribution is -0.131. The second-order valence-electron chi connectivity index (χ2n) is 5.20. The van der Waals surface area contributed by atoms with Crippen LogP contribution in [0.3, 0.4) is 0 Å². The van der Waals surface area contributed by atoms with Gasteiger partial charge in [-0.1, -0.05) is 13.3 Å². The van der Waals surface area contributed by atoms with Crippen molar-refractivity contribution in [1.82, 2.24) is 9.88 Å². The molecule has 2 heterocycles. The molecule has 1 aromatic rings. The summed E-state index contributed by atoms with van der Waals surface area (Å²) < 4.78 is 5.25. The second kappa shape index (κ2) is 8.12. The molecular formula is C15H22N2O3S. The van der Waals surface area contributed by atoms with Gasteiger partial charge in [-0.2, -0.15) is 0 Å². The average molecular weight is 310 g/mol. The second-order valence-corrected chi connectivity index (χ2v) is 6.31. The van der Waals surface area contributed by atoms with E-state index in [0.29, 0.717) is 17.8 Å². The molecule has 1 amide bonds. The molecule has 2 rings (SSSR count). The van der Waals surface area contributed by atoms with Crippen LogP contribution >= 0.6 is 11.3 Å². The summed E-state index contributed by atoms with van der Waals surface area (Å²) in [5.74, 6) is -0.163. The first-order valence-electron chi connectivity index (χ1n) is 7.60. The van der Waals surface area contributed by atoms with Crippen LogP contribution in [-0.2, 0) is 16.0 Å². The topological polar surface area (TPSA) is 59.5 Å². The summed E-state index contributed by atoms with van der Waals surface area (Å²) in [6, 6.07) is 0. The summed E-state index contributed by atoms with van der Waals surface area (Å²) >= 11 is 1.39. The molecule has 1 aromatic heterocycles. The summed E-state index contributed by atoms with van der Waals surface area (Å²) in [7, 11) is 0. The van der Waals surface area contributed by atoms with Gasteiger partial charge in [-0.15, -0.1) is 11.3 Å². The third kappa shape index (κ3) is 4.81. The van der Waals surface area contributed by atoms with Crippen LogP contribution in [0.1, 0.15) is 53.7 Å². The Balaban J connectivity index is 1.76. The van der Waals surface area contributed by atoms with E-state index in [1.807, 2.05) is 0 Å². The molecule has 0 aromatic carbocycles. The predicted octanol–water partition coefficient (Wildman–Crippen LogP) is 2.66. The van der Waals surface area contributed by atoms with Gasteiger partial charge >= 0.3 is 5.97 Å². The Hall–Kier alpha value is -1.43. The standard InChI is InChI=1S/C15H22N2O3S/c1-2-6-13-16-11-12(21-13)15(19)20-10-9-17-8-5-3-4-7-14(17)18/h11H,2-10H2,1H3. The molecule has 0 unspecified atom stereocenters. The van der Waals surface area contributed by atoms with Gasteiger partial charge in [0.2, 0.25) is 5.91 Å². The fourth-order valence-electron chi connectivity index (χ4n) is 2.33. The minimum Gasteiger partial charge on any atom is -0.460 e. The van der Waals surface area contributed by atoms with Crippen molar-refractivity contribution >= 4 is 23.2 Å². The molecule has 5 nitrogen and oxygen atoms in total. The van der Waals surface area contributed by atoms with Crippen LogP contribution in [0.25, 0.3) is 0 Å². The molecule has 21 heavy (non-hydrogen) atoms. The van der Waals surface area contributed by atoms with Gasteiger partial charge in [-0.25, -0.2) is 9.78 Å². The van der Waals surface area contributed by atoms with Crippen molar-refractivity contribution < 1.29 is 14.3 Å². The molecule has 0 saturated carbocycles. The highest BCUT2D eigenvalue weighted by atomic mass is 32.1. The summed E-state index contributed by atoms with van der Waals surface area (Å²) in [5, 5.41) is 0.965. The number of thiazole rings is 1. The van der Waals surface area contributed by atoms with Crippen LogP contribution in [0.5, 0.6) is 0 Å². The Labute approximate surface area is 129 Å². The lowest BCUT2D eigenvalue weighted by Gasteiger charge is -2.19. The Morgan fingerprint density at radius 2 is 2.29 bits per heavy atom. The number of aromatic nitrogens is 1. The summed E-state index contributed by atoms with van der Waals surface area (Å²) in [6.07, 6.45) is 7.20. The molecule has 1 fully saturated rings. The summed E-state index contributed by atoms with van der Waals surface area (Å²) in [6.45, 7) is 3.60. The van der Waals surface area contributed by atoms with E-state index < -0.39 is 0 Å². The van der Waals surface area contributed by atoms with Crippen molar-refractivity contribution in [2.75, 3.05) is 19.7 Å². The highest BCUT2D eigenvalue weighted by molar-refractivity contribution is 7.13. The number of aryl methyl sites for hydroxylation is 1. The number of rotatable bonds is 6. The number of esters is 1. The van der Waals surface area contributed by atoms with E-state index in [-0.39, 0.29) is 18.5 Å². The zero-order valence-corrected chi connectivity index (χ0v) is 13.3. The largest absolute Gasteiger partial charge is 0.460 e. The molecule has 1 aliphatic heterocycles. The predicted molar refractivity (Wildman–Crippen MR) is 81.4 cm³/mol. The highest BCUT2D eigenvalue weighted by Gasteiger charge is 2.17. The van der Waals surface area contributed by atoms with Crippen molar-refractivity contribution in [2.45, 2.75) is 45.4 Å². The number of carbonyl (C=O) groups excluding carboxylic acids is 2. The summed E-state index contributed by atoms with van der Waals surface area (Å²) in [5.41, 5.74) is 0. The number of likely N-dealkylation sites (tertiary alicyclic amines) is 1. The highest BCUT2D eigenvalue weighted by Crippen LogP contribution is 2.16. The fraction of sp³-hybridized carbons (Fsp3) is 0.667. The third-order valence-electron chi connectivity index (χ3n) is 3.48. The normalized spacial score (nSPS) is 15.9. The smallest absolute Gasteiger partial charge is 0.350 e. The molecule has 0 spiro atoms. The first-order chi connectivity index (χ1) is 10.2. The van der Waals surface area contributed by atoms with E-state index in [2.05, 4.69) is 11.9 Å². The number of hydrogen-bond acceptors (Lipinski definition) is 5. The van der Waals surface area contributed by atoms with Gasteiger partial charge in [-0.05, 0) is 25.7 Å². The van der Waals surface area contributed by atoms with Crippen molar-refractivity contribution in [3.05, 3.63) is 16.1 Å². The third-order valence-corrected chi connectivity index (χ3v) is 4.52. The van der Waals surface area contributed by atoms with E-state index in [4.69, 9.17) is 4.74 Å². The Kier molecular flexibility index (Phi) is 6.17. The van der Waals surface area contributed by atoms with Crippen LogP contribution < -0.4 is 0 Å². The van der Waals surface area contributed by atoms with Gasteiger partial charge in [0.05, 0.1) is 17.7 Å². The maximum absolute atomic E-state index is 11.9. The molecule has 0 N–H and O–H groups in total. The first-order valence-corrected chi connectivity index (χ1v) is 8.42. The Bertz CT molecular complexity index is 487. The van der Waals surface area contributed by atoms with Crippen LogP contribution in [0.4, 0.5) is 0 Å². The van der Waals surface area contributed by atoms with E-state index in [1.165, 1.54) is 11.3 Å². The SMILES string of the molecule is CCCc1ncc(C(=O)OCCN2CCCCCC2=O)s1. The van der Waals surface area contributed by atoms with Crippen molar-refractivity contribution in [2.24, 2.45) is 0 Å². The van der Waals surface area contributed by atoms with E-state index in [0.717, 1.165) is 43.7 Å². The van der Waals surface area contributed by atoms with Crippen LogP contribution in [0.2, 0.25) is 0 Å². The lowest BCUT2D eigenvalue weighted by Crippen LogP contribution is -2.33. The van der Waals surface area contributed by atoms with E-state index >= 15 is 0 Å². The number of nitrogens with zero attached hydrogens (tertiary/aromatic N) is 2. The Morgan fingerprint density at radius 3 is 3.10 bits per heavy atom. The first kappa shape index (κ1) is 15.9. The van der Waals surface area contributed by atoms with E-state index in [9.17, 15) is 9.59 Å². The monoisotopic (exact) mass is 310 g/mol. The maximum atomic E-state index is 11.9. The van der Waals surface area contributed by atoms with Gasteiger partial charge in [0, 0.05) is 13.0 Å². The zero-order valence-electron chi connectivity index (χ0n) is 12.5. The molecular weight excluding hydrogens is 288 g/mol. The van der Waals surface area contributed by atoms with Crippen molar-refractivity contribution in [3.63, 3.8) is 0 Å². The van der Waals surface area contributed by atoms with Gasteiger partial charge in [0.1, 0.15) is 11.5 Å². The van der Waals surface area contributed by atoms with Crippen molar-refractivity contribution in [3.8, 4) is 0 Å². The zero-order chi connectivity index (χ0) is 15.1. The minimum atomic E-state index is -0.336. The number of amides is 1. The van der Waals surface area contributed by atoms with Crippen LogP contribution in [0.15, 0.2) is 6.20 Å². The molecule has 0 aliphatic carbocycles. The molecule has 0 bridgehead atoms.